The van der Waals surface area contributed by atoms with Crippen molar-refractivity contribution in [2.24, 2.45) is 5.92 Å². The molecule has 8 heteroatoms. The highest BCUT2D eigenvalue weighted by Gasteiger charge is 2.40. The Bertz CT molecular complexity index is 786. The van der Waals surface area contributed by atoms with E-state index in [2.05, 4.69) is 0 Å². The molecular weight excluding hydrogens is 388 g/mol. The van der Waals surface area contributed by atoms with Gasteiger partial charge in [-0.1, -0.05) is 12.1 Å². The SMILES string of the molecule is COc1ccc(C[C@@H]2COC(=O)N2C(=O)C[C@@H]2CCN(C(=O)OC(C)(C)C)C2)cc1. The fourth-order valence-electron chi connectivity index (χ4n) is 3.79. The number of imide groups is 1. The maximum Gasteiger partial charge on any atom is 0.416 e. The third-order valence-corrected chi connectivity index (χ3v) is 5.26. The summed E-state index contributed by atoms with van der Waals surface area (Å²) in [6.07, 6.45) is 0.469. The summed E-state index contributed by atoms with van der Waals surface area (Å²) in [4.78, 5) is 40.2. The molecule has 2 fully saturated rings. The van der Waals surface area contributed by atoms with Gasteiger partial charge in [-0.05, 0) is 57.2 Å². The number of hydrogen-bond donors (Lipinski definition) is 0. The molecule has 0 saturated carbocycles. The predicted molar refractivity (Wildman–Crippen MR) is 109 cm³/mol. The largest absolute Gasteiger partial charge is 0.497 e. The van der Waals surface area contributed by atoms with E-state index in [0.717, 1.165) is 11.3 Å². The summed E-state index contributed by atoms with van der Waals surface area (Å²) >= 11 is 0. The van der Waals surface area contributed by atoms with Crippen molar-refractivity contribution < 1.29 is 28.6 Å². The smallest absolute Gasteiger partial charge is 0.416 e. The summed E-state index contributed by atoms with van der Waals surface area (Å²) in [5.41, 5.74) is 0.438. The second-order valence-corrected chi connectivity index (χ2v) is 8.83. The molecule has 2 saturated heterocycles. The molecule has 0 radical (unpaired) electrons. The first-order valence-electron chi connectivity index (χ1n) is 10.3. The van der Waals surface area contributed by atoms with E-state index < -0.39 is 11.7 Å². The van der Waals surface area contributed by atoms with E-state index in [0.29, 0.717) is 25.9 Å². The number of nitrogens with zero attached hydrogens (tertiary/aromatic N) is 2. The lowest BCUT2D eigenvalue weighted by Gasteiger charge is -2.24. The summed E-state index contributed by atoms with van der Waals surface area (Å²) in [7, 11) is 1.60. The average Bonchev–Trinajstić information content (AvgIpc) is 3.28. The highest BCUT2D eigenvalue weighted by atomic mass is 16.6. The second-order valence-electron chi connectivity index (χ2n) is 8.83. The lowest BCUT2D eigenvalue weighted by atomic mass is 10.0. The standard InChI is InChI=1S/C22H30N2O6/c1-22(2,3)30-20(26)23-10-9-16(13-23)12-19(25)24-17(14-29-21(24)27)11-15-5-7-18(28-4)8-6-15/h5-8,16-17H,9-14H2,1-4H3/t16-,17+/m0/s1. The van der Waals surface area contributed by atoms with Crippen molar-refractivity contribution >= 4 is 18.1 Å². The second kappa shape index (κ2) is 8.93. The maximum absolute atomic E-state index is 12.9. The molecule has 30 heavy (non-hydrogen) atoms. The molecule has 8 nitrogen and oxygen atoms in total. The van der Waals surface area contributed by atoms with Gasteiger partial charge in [0.15, 0.2) is 0 Å². The molecule has 3 rings (SSSR count). The van der Waals surface area contributed by atoms with Gasteiger partial charge in [0.05, 0.1) is 13.2 Å². The molecule has 1 aromatic carbocycles. The Morgan fingerprint density at radius 1 is 1.20 bits per heavy atom. The van der Waals surface area contributed by atoms with Crippen LogP contribution in [0.3, 0.4) is 0 Å². The number of methoxy groups -OCH3 is 1. The normalized spacial score (nSPS) is 21.5. The van der Waals surface area contributed by atoms with Crippen molar-refractivity contribution in [2.45, 2.75) is 51.7 Å². The van der Waals surface area contributed by atoms with Gasteiger partial charge in [-0.25, -0.2) is 14.5 Å². The van der Waals surface area contributed by atoms with E-state index >= 15 is 0 Å². The fourth-order valence-corrected chi connectivity index (χ4v) is 3.79. The van der Waals surface area contributed by atoms with Crippen LogP contribution in [0.15, 0.2) is 24.3 Å². The van der Waals surface area contributed by atoms with Crippen LogP contribution in [-0.2, 0) is 20.7 Å². The van der Waals surface area contributed by atoms with Gasteiger partial charge < -0.3 is 19.1 Å². The number of rotatable bonds is 5. The first kappa shape index (κ1) is 21.9. The van der Waals surface area contributed by atoms with Crippen molar-refractivity contribution in [1.82, 2.24) is 9.80 Å². The fraction of sp³-hybridized carbons (Fsp3) is 0.591. The highest BCUT2D eigenvalue weighted by Crippen LogP contribution is 2.26. The number of benzene rings is 1. The first-order chi connectivity index (χ1) is 14.2. The highest BCUT2D eigenvalue weighted by molar-refractivity contribution is 5.93. The lowest BCUT2D eigenvalue weighted by molar-refractivity contribution is -0.130. The number of likely N-dealkylation sites (tertiary alicyclic amines) is 1. The van der Waals surface area contributed by atoms with Crippen molar-refractivity contribution in [1.29, 1.82) is 0 Å². The minimum atomic E-state index is -0.597. The minimum absolute atomic E-state index is 0.0000507. The van der Waals surface area contributed by atoms with Gasteiger partial charge in [0.1, 0.15) is 18.0 Å². The van der Waals surface area contributed by atoms with E-state index in [1.807, 2.05) is 45.0 Å². The monoisotopic (exact) mass is 418 g/mol. The van der Waals surface area contributed by atoms with Crippen LogP contribution in [0.2, 0.25) is 0 Å². The number of carbonyl (C=O) groups excluding carboxylic acids is 3. The molecule has 2 atom stereocenters. The molecule has 0 bridgehead atoms. The van der Waals surface area contributed by atoms with E-state index in [4.69, 9.17) is 14.2 Å². The summed E-state index contributed by atoms with van der Waals surface area (Å²) in [5, 5.41) is 0. The molecule has 0 aliphatic carbocycles. The molecule has 0 spiro atoms. The molecule has 0 N–H and O–H groups in total. The molecule has 2 aliphatic rings. The van der Waals surface area contributed by atoms with Crippen LogP contribution < -0.4 is 4.74 Å². The number of cyclic esters (lactones) is 1. The Morgan fingerprint density at radius 2 is 1.90 bits per heavy atom. The van der Waals surface area contributed by atoms with Gasteiger partial charge in [-0.3, -0.25) is 4.79 Å². The van der Waals surface area contributed by atoms with Crippen LogP contribution in [0.25, 0.3) is 0 Å². The Kier molecular flexibility index (Phi) is 6.53. The van der Waals surface area contributed by atoms with Crippen LogP contribution in [0.5, 0.6) is 5.75 Å². The Hall–Kier alpha value is -2.77. The van der Waals surface area contributed by atoms with Crippen LogP contribution in [-0.4, -0.2) is 66.3 Å². The average molecular weight is 418 g/mol. The lowest BCUT2D eigenvalue weighted by Crippen LogP contribution is -2.41. The summed E-state index contributed by atoms with van der Waals surface area (Å²) in [6.45, 7) is 6.66. The van der Waals surface area contributed by atoms with Crippen molar-refractivity contribution in [3.63, 3.8) is 0 Å². The summed E-state index contributed by atoms with van der Waals surface area (Å²) in [5.74, 6) is 0.494. The van der Waals surface area contributed by atoms with Crippen LogP contribution in [0.1, 0.15) is 39.2 Å². The van der Waals surface area contributed by atoms with Gasteiger partial charge in [0, 0.05) is 19.5 Å². The zero-order valence-electron chi connectivity index (χ0n) is 18.1. The van der Waals surface area contributed by atoms with Crippen molar-refractivity contribution in [2.75, 3.05) is 26.8 Å². The molecule has 0 unspecified atom stereocenters. The molecular formula is C22H30N2O6. The van der Waals surface area contributed by atoms with E-state index in [1.165, 1.54) is 4.90 Å². The summed E-state index contributed by atoms with van der Waals surface area (Å²) in [6, 6.07) is 7.20. The minimum Gasteiger partial charge on any atom is -0.497 e. The van der Waals surface area contributed by atoms with E-state index in [9.17, 15) is 14.4 Å². The molecule has 2 aliphatic heterocycles. The quantitative estimate of drug-likeness (QED) is 0.730. The van der Waals surface area contributed by atoms with Crippen molar-refractivity contribution in [3.8, 4) is 5.75 Å². The van der Waals surface area contributed by atoms with Gasteiger partial charge in [0.2, 0.25) is 5.91 Å². The topological polar surface area (TPSA) is 85.4 Å². The number of hydrogen-bond acceptors (Lipinski definition) is 6. The van der Waals surface area contributed by atoms with Crippen LogP contribution in [0, 0.1) is 5.92 Å². The van der Waals surface area contributed by atoms with Crippen LogP contribution >= 0.6 is 0 Å². The number of ether oxygens (including phenoxy) is 3. The number of amides is 3. The molecule has 164 valence electrons. The van der Waals surface area contributed by atoms with Crippen LogP contribution in [0.4, 0.5) is 9.59 Å². The predicted octanol–water partition coefficient (Wildman–Crippen LogP) is 3.23. The third kappa shape index (κ3) is 5.43. The third-order valence-electron chi connectivity index (χ3n) is 5.26. The molecule has 2 heterocycles. The van der Waals surface area contributed by atoms with Gasteiger partial charge in [-0.2, -0.15) is 0 Å². The zero-order chi connectivity index (χ0) is 21.9. The van der Waals surface area contributed by atoms with Gasteiger partial charge in [-0.15, -0.1) is 0 Å². The Balaban J connectivity index is 1.56. The molecule has 1 aromatic rings. The van der Waals surface area contributed by atoms with Gasteiger partial charge >= 0.3 is 12.2 Å². The van der Waals surface area contributed by atoms with E-state index in [1.54, 1.807) is 12.0 Å². The summed E-state index contributed by atoms with van der Waals surface area (Å²) < 4.78 is 15.7. The maximum atomic E-state index is 12.9. The van der Waals surface area contributed by atoms with Crippen molar-refractivity contribution in [3.05, 3.63) is 29.8 Å². The Morgan fingerprint density at radius 3 is 2.53 bits per heavy atom. The zero-order valence-corrected chi connectivity index (χ0v) is 18.1. The van der Waals surface area contributed by atoms with E-state index in [-0.39, 0.29) is 37.0 Å². The molecule has 3 amide bonds. The molecule has 0 aromatic heterocycles. The first-order valence-corrected chi connectivity index (χ1v) is 10.3. The van der Waals surface area contributed by atoms with Gasteiger partial charge in [0.25, 0.3) is 0 Å². The number of carbonyl (C=O) groups is 3. The Labute approximate surface area is 177 Å².